The van der Waals surface area contributed by atoms with Crippen LogP contribution >= 0.6 is 0 Å². The standard InChI is InChI=1S/C15H26O4.C2H6/c1-15(2,3)19-13(16)10-7-11-5-8-12(9-6-11)14(17)18-4;1-2/h11-12H,5-10H2,1-4H3;1-2H3. The summed E-state index contributed by atoms with van der Waals surface area (Å²) >= 11 is 0. The van der Waals surface area contributed by atoms with Gasteiger partial charge in [0.05, 0.1) is 13.0 Å². The van der Waals surface area contributed by atoms with Crippen LogP contribution in [-0.4, -0.2) is 24.6 Å². The molecule has 1 aliphatic rings. The van der Waals surface area contributed by atoms with Crippen molar-refractivity contribution >= 4 is 11.9 Å². The number of rotatable bonds is 4. The number of esters is 2. The summed E-state index contributed by atoms with van der Waals surface area (Å²) in [5.74, 6) is 0.379. The van der Waals surface area contributed by atoms with Gasteiger partial charge in [-0.3, -0.25) is 9.59 Å². The second-order valence-corrected chi connectivity index (χ2v) is 6.37. The molecule has 0 unspecified atom stereocenters. The van der Waals surface area contributed by atoms with Gasteiger partial charge in [-0.2, -0.15) is 0 Å². The first-order chi connectivity index (χ1) is 9.81. The molecule has 1 rings (SSSR count). The lowest BCUT2D eigenvalue weighted by Gasteiger charge is -2.27. The topological polar surface area (TPSA) is 52.6 Å². The Bertz CT molecular complexity index is 309. The average molecular weight is 300 g/mol. The Morgan fingerprint density at radius 3 is 2.00 bits per heavy atom. The lowest BCUT2D eigenvalue weighted by atomic mass is 9.80. The van der Waals surface area contributed by atoms with Crippen molar-refractivity contribution in [2.45, 2.75) is 78.7 Å². The molecule has 0 bridgehead atoms. The highest BCUT2D eigenvalue weighted by molar-refractivity contribution is 5.72. The van der Waals surface area contributed by atoms with Crippen molar-refractivity contribution in [3.05, 3.63) is 0 Å². The zero-order chi connectivity index (χ0) is 16.5. The van der Waals surface area contributed by atoms with Crippen LogP contribution in [0, 0.1) is 11.8 Å². The minimum absolute atomic E-state index is 0.0581. The maximum absolute atomic E-state index is 11.6. The number of hydrogen-bond acceptors (Lipinski definition) is 4. The summed E-state index contributed by atoms with van der Waals surface area (Å²) in [6.07, 6.45) is 5.11. The molecule has 0 aromatic carbocycles. The lowest BCUT2D eigenvalue weighted by Crippen LogP contribution is -2.25. The van der Waals surface area contributed by atoms with Crippen molar-refractivity contribution in [2.75, 3.05) is 7.11 Å². The monoisotopic (exact) mass is 300 g/mol. The smallest absolute Gasteiger partial charge is 0.308 e. The summed E-state index contributed by atoms with van der Waals surface area (Å²) in [4.78, 5) is 23.0. The van der Waals surface area contributed by atoms with E-state index in [-0.39, 0.29) is 17.9 Å². The van der Waals surface area contributed by atoms with E-state index in [9.17, 15) is 9.59 Å². The van der Waals surface area contributed by atoms with Gasteiger partial charge in [-0.05, 0) is 58.8 Å². The molecule has 0 atom stereocenters. The second kappa shape index (κ2) is 9.80. The van der Waals surface area contributed by atoms with Crippen LogP contribution in [0.5, 0.6) is 0 Å². The van der Waals surface area contributed by atoms with E-state index in [4.69, 9.17) is 9.47 Å². The van der Waals surface area contributed by atoms with Gasteiger partial charge in [-0.1, -0.05) is 13.8 Å². The molecule has 0 N–H and O–H groups in total. The van der Waals surface area contributed by atoms with Gasteiger partial charge in [0.2, 0.25) is 0 Å². The van der Waals surface area contributed by atoms with E-state index >= 15 is 0 Å². The summed E-state index contributed by atoms with van der Waals surface area (Å²) in [7, 11) is 1.44. The first-order valence-corrected chi connectivity index (χ1v) is 8.11. The fraction of sp³-hybridized carbons (Fsp3) is 0.882. The van der Waals surface area contributed by atoms with E-state index in [0.717, 1.165) is 32.1 Å². The van der Waals surface area contributed by atoms with Crippen LogP contribution < -0.4 is 0 Å². The molecule has 124 valence electrons. The van der Waals surface area contributed by atoms with Crippen LogP contribution in [0.4, 0.5) is 0 Å². The SMILES string of the molecule is CC.COC(=O)C1CCC(CCC(=O)OC(C)(C)C)CC1. The quantitative estimate of drug-likeness (QED) is 0.733. The third-order valence-corrected chi connectivity index (χ3v) is 3.56. The summed E-state index contributed by atoms with van der Waals surface area (Å²) in [5.41, 5.74) is -0.403. The van der Waals surface area contributed by atoms with Crippen molar-refractivity contribution in [3.8, 4) is 0 Å². The van der Waals surface area contributed by atoms with Crippen LogP contribution in [0.3, 0.4) is 0 Å². The molecule has 0 radical (unpaired) electrons. The van der Waals surface area contributed by atoms with Gasteiger partial charge in [0.25, 0.3) is 0 Å². The number of methoxy groups -OCH3 is 1. The molecule has 1 saturated carbocycles. The highest BCUT2D eigenvalue weighted by Gasteiger charge is 2.27. The third kappa shape index (κ3) is 8.74. The summed E-state index contributed by atoms with van der Waals surface area (Å²) in [6.45, 7) is 9.64. The van der Waals surface area contributed by atoms with Crippen molar-refractivity contribution in [3.63, 3.8) is 0 Å². The maximum Gasteiger partial charge on any atom is 0.308 e. The molecule has 0 saturated heterocycles. The first-order valence-electron chi connectivity index (χ1n) is 8.11. The Morgan fingerprint density at radius 2 is 1.57 bits per heavy atom. The number of ether oxygens (including phenoxy) is 2. The van der Waals surface area contributed by atoms with E-state index in [0.29, 0.717) is 12.3 Å². The average Bonchev–Trinajstić information content (AvgIpc) is 2.45. The van der Waals surface area contributed by atoms with Gasteiger partial charge in [-0.15, -0.1) is 0 Å². The van der Waals surface area contributed by atoms with Crippen LogP contribution in [-0.2, 0) is 19.1 Å². The highest BCUT2D eigenvalue weighted by atomic mass is 16.6. The Labute approximate surface area is 129 Å². The molecule has 0 aliphatic heterocycles. The van der Waals surface area contributed by atoms with Gasteiger partial charge >= 0.3 is 11.9 Å². The van der Waals surface area contributed by atoms with Crippen LogP contribution in [0.15, 0.2) is 0 Å². The van der Waals surface area contributed by atoms with Crippen LogP contribution in [0.25, 0.3) is 0 Å². The number of hydrogen-bond donors (Lipinski definition) is 0. The molecule has 0 aromatic heterocycles. The molecule has 4 nitrogen and oxygen atoms in total. The van der Waals surface area contributed by atoms with E-state index in [1.807, 2.05) is 34.6 Å². The molecule has 21 heavy (non-hydrogen) atoms. The van der Waals surface area contributed by atoms with E-state index in [1.165, 1.54) is 7.11 Å². The molecule has 0 aromatic rings. The fourth-order valence-corrected chi connectivity index (χ4v) is 2.57. The molecule has 4 heteroatoms. The zero-order valence-electron chi connectivity index (χ0n) is 14.5. The van der Waals surface area contributed by atoms with Gasteiger partial charge in [0.15, 0.2) is 0 Å². The molecular weight excluding hydrogens is 268 g/mol. The summed E-state index contributed by atoms with van der Waals surface area (Å²) < 4.78 is 10.1. The summed E-state index contributed by atoms with van der Waals surface area (Å²) in [5, 5.41) is 0. The van der Waals surface area contributed by atoms with E-state index < -0.39 is 5.60 Å². The summed E-state index contributed by atoms with van der Waals surface area (Å²) in [6, 6.07) is 0. The molecule has 0 heterocycles. The van der Waals surface area contributed by atoms with Crippen LogP contribution in [0.1, 0.15) is 73.1 Å². The van der Waals surface area contributed by atoms with Gasteiger partial charge < -0.3 is 9.47 Å². The van der Waals surface area contributed by atoms with Gasteiger partial charge in [-0.25, -0.2) is 0 Å². The predicted octanol–water partition coefficient (Wildman–Crippen LogP) is 4.11. The van der Waals surface area contributed by atoms with E-state index in [2.05, 4.69) is 0 Å². The Balaban J connectivity index is 0.00000191. The fourth-order valence-electron chi connectivity index (χ4n) is 2.57. The van der Waals surface area contributed by atoms with E-state index in [1.54, 1.807) is 0 Å². The minimum Gasteiger partial charge on any atom is -0.469 e. The first kappa shape index (κ1) is 19.9. The predicted molar refractivity (Wildman–Crippen MR) is 83.9 cm³/mol. The molecular formula is C17H32O4. The Hall–Kier alpha value is -1.06. The van der Waals surface area contributed by atoms with Gasteiger partial charge in [0, 0.05) is 6.42 Å². The van der Waals surface area contributed by atoms with Crippen molar-refractivity contribution in [1.29, 1.82) is 0 Å². The maximum atomic E-state index is 11.6. The van der Waals surface area contributed by atoms with Crippen molar-refractivity contribution in [2.24, 2.45) is 11.8 Å². The zero-order valence-corrected chi connectivity index (χ0v) is 14.5. The molecule has 1 aliphatic carbocycles. The third-order valence-electron chi connectivity index (χ3n) is 3.56. The van der Waals surface area contributed by atoms with Crippen LogP contribution in [0.2, 0.25) is 0 Å². The van der Waals surface area contributed by atoms with Gasteiger partial charge in [0.1, 0.15) is 5.60 Å². The largest absolute Gasteiger partial charge is 0.469 e. The number of carbonyl (C=O) groups excluding carboxylic acids is 2. The molecule has 0 spiro atoms. The minimum atomic E-state index is -0.403. The van der Waals surface area contributed by atoms with Crippen molar-refractivity contribution in [1.82, 2.24) is 0 Å². The Kier molecular flexibility index (Phi) is 9.31. The van der Waals surface area contributed by atoms with Crippen molar-refractivity contribution < 1.29 is 19.1 Å². The lowest BCUT2D eigenvalue weighted by molar-refractivity contribution is -0.155. The normalized spacial score (nSPS) is 21.8. The Morgan fingerprint density at radius 1 is 1.05 bits per heavy atom. The second-order valence-electron chi connectivity index (χ2n) is 6.37. The molecule has 0 amide bonds. The number of carbonyl (C=O) groups is 2. The molecule has 1 fully saturated rings. The highest BCUT2D eigenvalue weighted by Crippen LogP contribution is 2.32.